The van der Waals surface area contributed by atoms with Crippen molar-refractivity contribution in [2.45, 2.75) is 39.1 Å². The first-order chi connectivity index (χ1) is 5.70. The molecule has 4 unspecified atom stereocenters. The van der Waals surface area contributed by atoms with Crippen LogP contribution in [0.4, 0.5) is 0 Å². The number of aliphatic hydroxyl groups is 1. The summed E-state index contributed by atoms with van der Waals surface area (Å²) in [6.45, 7) is 6.82. The molecule has 0 aromatic rings. The highest BCUT2D eigenvalue weighted by molar-refractivity contribution is 4.86. The Labute approximate surface area is 73.7 Å². The van der Waals surface area contributed by atoms with Gasteiger partial charge < -0.3 is 14.6 Å². The minimum Gasteiger partial charge on any atom is -0.394 e. The molecule has 1 aliphatic heterocycles. The molecule has 1 rings (SSSR count). The fraction of sp³-hybridized carbons (Fsp3) is 1.00. The van der Waals surface area contributed by atoms with E-state index in [0.29, 0.717) is 12.5 Å². The van der Waals surface area contributed by atoms with Crippen molar-refractivity contribution in [1.29, 1.82) is 0 Å². The van der Waals surface area contributed by atoms with Crippen LogP contribution in [0, 0.1) is 5.92 Å². The van der Waals surface area contributed by atoms with Crippen LogP contribution in [-0.2, 0) is 9.47 Å². The van der Waals surface area contributed by atoms with Crippen molar-refractivity contribution in [1.82, 2.24) is 0 Å². The summed E-state index contributed by atoms with van der Waals surface area (Å²) in [5.74, 6) is 0.377. The first-order valence-electron chi connectivity index (χ1n) is 4.58. The number of aliphatic hydroxyl groups excluding tert-OH is 1. The quantitative estimate of drug-likeness (QED) is 0.688. The summed E-state index contributed by atoms with van der Waals surface area (Å²) in [6.07, 6.45) is 0.128. The van der Waals surface area contributed by atoms with Crippen molar-refractivity contribution < 1.29 is 14.6 Å². The molecule has 1 aliphatic rings. The number of hydrogen-bond donors (Lipinski definition) is 1. The van der Waals surface area contributed by atoms with E-state index in [1.807, 2.05) is 13.8 Å². The van der Waals surface area contributed by atoms with Crippen LogP contribution in [0.15, 0.2) is 0 Å². The van der Waals surface area contributed by atoms with Gasteiger partial charge in [-0.15, -0.1) is 0 Å². The molecule has 1 fully saturated rings. The molecule has 1 N–H and O–H groups in total. The Hall–Kier alpha value is -0.120. The lowest BCUT2D eigenvalue weighted by molar-refractivity contribution is -0.0430. The van der Waals surface area contributed by atoms with Gasteiger partial charge in [-0.3, -0.25) is 0 Å². The molecule has 4 atom stereocenters. The lowest BCUT2D eigenvalue weighted by Gasteiger charge is -2.18. The Morgan fingerprint density at radius 2 is 2.08 bits per heavy atom. The second kappa shape index (κ2) is 4.21. The van der Waals surface area contributed by atoms with Crippen molar-refractivity contribution >= 4 is 0 Å². The molecule has 3 nitrogen and oxygen atoms in total. The van der Waals surface area contributed by atoms with Crippen LogP contribution in [0.1, 0.15) is 20.8 Å². The molecule has 0 aliphatic carbocycles. The zero-order valence-electron chi connectivity index (χ0n) is 7.99. The molecule has 0 bridgehead atoms. The van der Waals surface area contributed by atoms with E-state index in [0.717, 1.165) is 0 Å². The Morgan fingerprint density at radius 3 is 2.58 bits per heavy atom. The summed E-state index contributed by atoms with van der Waals surface area (Å²) in [5, 5.41) is 8.99. The predicted octanol–water partition coefficient (Wildman–Crippen LogP) is 0.807. The predicted molar refractivity (Wildman–Crippen MR) is 46.0 cm³/mol. The third kappa shape index (κ3) is 1.79. The molecule has 0 spiro atoms. The van der Waals surface area contributed by atoms with Gasteiger partial charge in [0.15, 0.2) is 0 Å². The molecule has 72 valence electrons. The van der Waals surface area contributed by atoms with Crippen molar-refractivity contribution in [2.24, 2.45) is 5.92 Å². The Bertz CT molecular complexity index is 138. The van der Waals surface area contributed by atoms with E-state index < -0.39 is 0 Å². The van der Waals surface area contributed by atoms with Crippen LogP contribution >= 0.6 is 0 Å². The molecule has 0 amide bonds. The lowest BCUT2D eigenvalue weighted by Crippen LogP contribution is -2.31. The fourth-order valence-corrected chi connectivity index (χ4v) is 1.68. The highest BCUT2D eigenvalue weighted by atomic mass is 16.6. The topological polar surface area (TPSA) is 38.7 Å². The van der Waals surface area contributed by atoms with E-state index in [1.165, 1.54) is 0 Å². The van der Waals surface area contributed by atoms with Crippen molar-refractivity contribution in [3.8, 4) is 0 Å². The Balaban J connectivity index is 2.53. The van der Waals surface area contributed by atoms with Crippen LogP contribution in [-0.4, -0.2) is 36.6 Å². The first-order valence-corrected chi connectivity index (χ1v) is 4.58. The van der Waals surface area contributed by atoms with Crippen LogP contribution in [0.2, 0.25) is 0 Å². The lowest BCUT2D eigenvalue weighted by atomic mass is 9.99. The van der Waals surface area contributed by atoms with Gasteiger partial charge in [0.1, 0.15) is 6.10 Å². The van der Waals surface area contributed by atoms with E-state index in [1.54, 1.807) is 0 Å². The maximum Gasteiger partial charge on any atom is 0.107 e. The fourth-order valence-electron chi connectivity index (χ4n) is 1.68. The SMILES string of the molecule is CCOC1C(CO)OC(C)C1C. The highest BCUT2D eigenvalue weighted by Gasteiger charge is 2.39. The van der Waals surface area contributed by atoms with Gasteiger partial charge in [0.05, 0.1) is 18.8 Å². The minimum absolute atomic E-state index is 0.0549. The summed E-state index contributed by atoms with van der Waals surface area (Å²) in [7, 11) is 0. The van der Waals surface area contributed by atoms with Gasteiger partial charge >= 0.3 is 0 Å². The molecule has 1 saturated heterocycles. The summed E-state index contributed by atoms with van der Waals surface area (Å²) in [4.78, 5) is 0. The second-order valence-electron chi connectivity index (χ2n) is 3.34. The molecule has 0 aromatic carbocycles. The molecular formula is C9H18O3. The summed E-state index contributed by atoms with van der Waals surface area (Å²) < 4.78 is 11.0. The van der Waals surface area contributed by atoms with Gasteiger partial charge in [0.2, 0.25) is 0 Å². The third-order valence-electron chi connectivity index (χ3n) is 2.55. The Morgan fingerprint density at radius 1 is 1.42 bits per heavy atom. The van der Waals surface area contributed by atoms with Gasteiger partial charge in [-0.2, -0.15) is 0 Å². The van der Waals surface area contributed by atoms with E-state index >= 15 is 0 Å². The molecule has 3 heteroatoms. The molecule has 1 heterocycles. The average molecular weight is 174 g/mol. The van der Waals surface area contributed by atoms with Crippen molar-refractivity contribution in [2.75, 3.05) is 13.2 Å². The molecule has 0 radical (unpaired) electrons. The summed E-state index contributed by atoms with van der Waals surface area (Å²) in [5.41, 5.74) is 0. The van der Waals surface area contributed by atoms with Crippen molar-refractivity contribution in [3.63, 3.8) is 0 Å². The zero-order valence-corrected chi connectivity index (χ0v) is 7.99. The summed E-state index contributed by atoms with van der Waals surface area (Å²) in [6, 6.07) is 0. The molecular weight excluding hydrogens is 156 g/mol. The standard InChI is InChI=1S/C9H18O3/c1-4-11-9-6(2)7(3)12-8(9)5-10/h6-10H,4-5H2,1-3H3. The number of hydrogen-bond acceptors (Lipinski definition) is 3. The van der Waals surface area contributed by atoms with E-state index in [-0.39, 0.29) is 24.9 Å². The van der Waals surface area contributed by atoms with E-state index in [2.05, 4.69) is 6.92 Å². The zero-order chi connectivity index (χ0) is 9.14. The van der Waals surface area contributed by atoms with Crippen LogP contribution in [0.5, 0.6) is 0 Å². The normalized spacial score (nSPS) is 42.0. The second-order valence-corrected chi connectivity index (χ2v) is 3.34. The van der Waals surface area contributed by atoms with E-state index in [4.69, 9.17) is 14.6 Å². The highest BCUT2D eigenvalue weighted by Crippen LogP contribution is 2.28. The average Bonchev–Trinajstić information content (AvgIpc) is 2.33. The van der Waals surface area contributed by atoms with Gasteiger partial charge in [-0.25, -0.2) is 0 Å². The van der Waals surface area contributed by atoms with Gasteiger partial charge in [0.25, 0.3) is 0 Å². The largest absolute Gasteiger partial charge is 0.394 e. The number of ether oxygens (including phenoxy) is 2. The molecule has 0 saturated carbocycles. The van der Waals surface area contributed by atoms with E-state index in [9.17, 15) is 0 Å². The van der Waals surface area contributed by atoms with Crippen LogP contribution < -0.4 is 0 Å². The smallest absolute Gasteiger partial charge is 0.107 e. The molecule has 12 heavy (non-hydrogen) atoms. The molecule has 0 aromatic heterocycles. The monoisotopic (exact) mass is 174 g/mol. The van der Waals surface area contributed by atoms with Gasteiger partial charge in [0, 0.05) is 12.5 Å². The van der Waals surface area contributed by atoms with Crippen LogP contribution in [0.25, 0.3) is 0 Å². The van der Waals surface area contributed by atoms with Gasteiger partial charge in [-0.05, 0) is 13.8 Å². The maximum atomic E-state index is 8.99. The number of rotatable bonds is 3. The van der Waals surface area contributed by atoms with Crippen molar-refractivity contribution in [3.05, 3.63) is 0 Å². The first kappa shape index (κ1) is 9.96. The van der Waals surface area contributed by atoms with Gasteiger partial charge in [-0.1, -0.05) is 6.92 Å². The maximum absolute atomic E-state index is 8.99. The van der Waals surface area contributed by atoms with Crippen LogP contribution in [0.3, 0.4) is 0 Å². The summed E-state index contributed by atoms with van der Waals surface area (Å²) >= 11 is 0. The minimum atomic E-state index is -0.130. The third-order valence-corrected chi connectivity index (χ3v) is 2.55. The Kier molecular flexibility index (Phi) is 3.50.